The molecular weight excluding hydrogens is 413 g/mol. The molecule has 32 heavy (non-hydrogen) atoms. The molecule has 0 aliphatic carbocycles. The van der Waals surface area contributed by atoms with Gasteiger partial charge in [-0.05, 0) is 24.3 Å². The van der Waals surface area contributed by atoms with E-state index in [1.165, 1.54) is 35.4 Å². The van der Waals surface area contributed by atoms with E-state index in [2.05, 4.69) is 30.2 Å². The zero-order valence-corrected chi connectivity index (χ0v) is 17.3. The van der Waals surface area contributed by atoms with Crippen molar-refractivity contribution in [3.05, 3.63) is 83.2 Å². The lowest BCUT2D eigenvalue weighted by Crippen LogP contribution is -2.28. The van der Waals surface area contributed by atoms with Gasteiger partial charge in [0.15, 0.2) is 23.5 Å². The molecule has 5 rings (SSSR count). The Labute approximate surface area is 181 Å². The second-order valence-corrected chi connectivity index (χ2v) is 6.45. The van der Waals surface area contributed by atoms with Crippen LogP contribution < -0.4 is 10.9 Å². The van der Waals surface area contributed by atoms with Crippen LogP contribution in [-0.4, -0.2) is 34.6 Å². The first kappa shape index (κ1) is 21.1. The Bertz CT molecular complexity index is 1430. The quantitative estimate of drug-likeness (QED) is 0.372. The number of imidazole rings is 1. The monoisotopic (exact) mass is 433 g/mol. The van der Waals surface area contributed by atoms with Crippen molar-refractivity contribution in [3.63, 3.8) is 0 Å². The van der Waals surface area contributed by atoms with Crippen LogP contribution >= 0.6 is 0 Å². The first-order valence-electron chi connectivity index (χ1n) is 9.99. The number of aliphatic hydroxyl groups excluding tert-OH is 1. The number of para-hydroxylation sites is 1. The van der Waals surface area contributed by atoms with E-state index < -0.39 is 17.6 Å². The molecule has 1 atom stereocenters. The van der Waals surface area contributed by atoms with Crippen molar-refractivity contribution < 1.29 is 9.50 Å². The van der Waals surface area contributed by atoms with Crippen molar-refractivity contribution in [1.29, 1.82) is 0 Å². The molecular formula is C22H20FN7O2. The van der Waals surface area contributed by atoms with Crippen molar-refractivity contribution in [1.82, 2.24) is 29.5 Å². The molecule has 0 saturated carbocycles. The molecule has 0 spiro atoms. The molecule has 0 aliphatic heterocycles. The summed E-state index contributed by atoms with van der Waals surface area (Å²) in [7, 11) is 0. The number of anilines is 1. The number of fused-ring (bicyclic) bond motifs is 2. The summed E-state index contributed by atoms with van der Waals surface area (Å²) in [6.07, 6.45) is 1.31. The third-order valence-corrected chi connectivity index (χ3v) is 4.63. The van der Waals surface area contributed by atoms with E-state index in [1.807, 2.05) is 13.8 Å². The molecule has 5 aromatic rings. The number of aromatic amines is 1. The number of hydrogen-bond donors (Lipinski definition) is 3. The van der Waals surface area contributed by atoms with Gasteiger partial charge in [-0.15, -0.1) is 0 Å². The number of aliphatic hydroxyl groups is 1. The highest BCUT2D eigenvalue weighted by atomic mass is 19.1. The molecule has 3 N–H and O–H groups in total. The Morgan fingerprint density at radius 3 is 2.62 bits per heavy atom. The lowest BCUT2D eigenvalue weighted by Gasteiger charge is -2.19. The van der Waals surface area contributed by atoms with E-state index in [4.69, 9.17) is 0 Å². The van der Waals surface area contributed by atoms with E-state index in [-0.39, 0.29) is 22.5 Å². The molecule has 2 aromatic carbocycles. The van der Waals surface area contributed by atoms with Crippen LogP contribution in [0.25, 0.3) is 27.8 Å². The largest absolute Gasteiger partial charge is 0.367 e. The summed E-state index contributed by atoms with van der Waals surface area (Å²) in [5, 5.41) is 13.6. The molecule has 10 heteroatoms. The van der Waals surface area contributed by atoms with Crippen LogP contribution in [0, 0.1) is 5.82 Å². The number of H-pyrrole nitrogens is 1. The second-order valence-electron chi connectivity index (χ2n) is 6.45. The van der Waals surface area contributed by atoms with Gasteiger partial charge >= 0.3 is 0 Å². The number of nitrogens with zero attached hydrogens (tertiary/aromatic N) is 5. The number of halogens is 1. The van der Waals surface area contributed by atoms with E-state index >= 15 is 0 Å². The van der Waals surface area contributed by atoms with E-state index in [0.29, 0.717) is 16.9 Å². The third kappa shape index (κ3) is 3.67. The summed E-state index contributed by atoms with van der Waals surface area (Å²) in [5.41, 5.74) is 0.836. The van der Waals surface area contributed by atoms with Crippen LogP contribution in [0.1, 0.15) is 25.9 Å². The SMILES string of the molecule is CC.O=c1c2c(F)cccc2nc(C(O)Nc2ncnc3nc[nH]c23)n1-c1ccccc1. The van der Waals surface area contributed by atoms with Gasteiger partial charge < -0.3 is 15.4 Å². The van der Waals surface area contributed by atoms with Gasteiger partial charge in [-0.1, -0.05) is 38.1 Å². The van der Waals surface area contributed by atoms with Gasteiger partial charge in [0.25, 0.3) is 5.56 Å². The van der Waals surface area contributed by atoms with Crippen molar-refractivity contribution in [2.75, 3.05) is 5.32 Å². The summed E-state index contributed by atoms with van der Waals surface area (Å²) in [6, 6.07) is 12.8. The Morgan fingerprint density at radius 1 is 1.06 bits per heavy atom. The summed E-state index contributed by atoms with van der Waals surface area (Å²) >= 11 is 0. The first-order chi connectivity index (χ1) is 15.6. The normalized spacial score (nSPS) is 11.8. The maximum absolute atomic E-state index is 14.4. The van der Waals surface area contributed by atoms with Crippen LogP contribution in [0.4, 0.5) is 10.2 Å². The van der Waals surface area contributed by atoms with Gasteiger partial charge in [0, 0.05) is 0 Å². The zero-order valence-electron chi connectivity index (χ0n) is 17.3. The van der Waals surface area contributed by atoms with Gasteiger partial charge in [-0.2, -0.15) is 0 Å². The summed E-state index contributed by atoms with van der Waals surface area (Å²) in [6.45, 7) is 4.00. The molecule has 162 valence electrons. The van der Waals surface area contributed by atoms with Crippen molar-refractivity contribution in [2.24, 2.45) is 0 Å². The Morgan fingerprint density at radius 2 is 1.84 bits per heavy atom. The lowest BCUT2D eigenvalue weighted by atomic mass is 10.2. The zero-order chi connectivity index (χ0) is 22.7. The molecule has 3 aromatic heterocycles. The number of nitrogens with one attached hydrogen (secondary N) is 2. The molecule has 0 radical (unpaired) electrons. The van der Waals surface area contributed by atoms with Gasteiger partial charge in [0.05, 0.1) is 17.5 Å². The number of aromatic nitrogens is 6. The van der Waals surface area contributed by atoms with Crippen molar-refractivity contribution in [2.45, 2.75) is 20.1 Å². The van der Waals surface area contributed by atoms with Crippen molar-refractivity contribution >= 4 is 27.9 Å². The minimum atomic E-state index is -1.44. The fraction of sp³-hybridized carbons (Fsp3) is 0.136. The lowest BCUT2D eigenvalue weighted by molar-refractivity contribution is 0.194. The third-order valence-electron chi connectivity index (χ3n) is 4.63. The Kier molecular flexibility index (Phi) is 5.86. The summed E-state index contributed by atoms with van der Waals surface area (Å²) in [4.78, 5) is 32.7. The van der Waals surface area contributed by atoms with Crippen LogP contribution in [0.3, 0.4) is 0 Å². The predicted octanol–water partition coefficient (Wildman–Crippen LogP) is 3.32. The minimum absolute atomic E-state index is 0.0180. The molecule has 0 bridgehead atoms. The molecule has 1 unspecified atom stereocenters. The van der Waals surface area contributed by atoms with Gasteiger partial charge in [-0.3, -0.25) is 9.36 Å². The summed E-state index contributed by atoms with van der Waals surface area (Å²) in [5.74, 6) is -0.424. The minimum Gasteiger partial charge on any atom is -0.367 e. The molecule has 0 amide bonds. The number of rotatable bonds is 4. The molecule has 3 heterocycles. The highest BCUT2D eigenvalue weighted by Crippen LogP contribution is 2.23. The fourth-order valence-corrected chi connectivity index (χ4v) is 3.29. The average Bonchev–Trinajstić information content (AvgIpc) is 3.31. The predicted molar refractivity (Wildman–Crippen MR) is 119 cm³/mol. The van der Waals surface area contributed by atoms with Crippen LogP contribution in [0.5, 0.6) is 0 Å². The van der Waals surface area contributed by atoms with Gasteiger partial charge in [-0.25, -0.2) is 24.3 Å². The molecule has 0 aliphatic rings. The van der Waals surface area contributed by atoms with E-state index in [0.717, 1.165) is 0 Å². The maximum atomic E-state index is 14.4. The molecule has 0 fully saturated rings. The molecule has 9 nitrogen and oxygen atoms in total. The van der Waals surface area contributed by atoms with Gasteiger partial charge in [0.2, 0.25) is 0 Å². The first-order valence-corrected chi connectivity index (χ1v) is 9.99. The Balaban J connectivity index is 0.00000119. The van der Waals surface area contributed by atoms with Gasteiger partial charge in [0.1, 0.15) is 23.0 Å². The Hall–Kier alpha value is -4.18. The smallest absolute Gasteiger partial charge is 0.269 e. The standard InChI is InChI=1S/C20H14FN7O2.C2H6/c21-12-7-4-8-13-14(12)20(30)28(11-5-2-1-3-6-11)18(26-13)19(29)27-17-15-16(23-9-22-15)24-10-25-17;1-2/h1-10,19,29H,(H2,22,23,24,25,27);1-2H3. The van der Waals surface area contributed by atoms with E-state index in [9.17, 15) is 14.3 Å². The van der Waals surface area contributed by atoms with Crippen molar-refractivity contribution in [3.8, 4) is 5.69 Å². The fourth-order valence-electron chi connectivity index (χ4n) is 3.29. The van der Waals surface area contributed by atoms with Crippen LogP contribution in [0.2, 0.25) is 0 Å². The average molecular weight is 433 g/mol. The van der Waals surface area contributed by atoms with Crippen LogP contribution in [-0.2, 0) is 0 Å². The second kappa shape index (κ2) is 8.90. The maximum Gasteiger partial charge on any atom is 0.269 e. The summed E-state index contributed by atoms with van der Waals surface area (Å²) < 4.78 is 15.6. The number of hydrogen-bond acceptors (Lipinski definition) is 7. The molecule has 0 saturated heterocycles. The highest BCUT2D eigenvalue weighted by molar-refractivity contribution is 5.82. The van der Waals surface area contributed by atoms with Crippen LogP contribution in [0.15, 0.2) is 66.0 Å². The highest BCUT2D eigenvalue weighted by Gasteiger charge is 2.22. The number of benzene rings is 2. The topological polar surface area (TPSA) is 122 Å². The van der Waals surface area contributed by atoms with E-state index in [1.54, 1.807) is 30.3 Å².